The van der Waals surface area contributed by atoms with E-state index in [9.17, 15) is 5.11 Å². The molecule has 2 aromatic heterocycles. The van der Waals surface area contributed by atoms with Crippen LogP contribution in [0, 0.1) is 13.8 Å². The van der Waals surface area contributed by atoms with Gasteiger partial charge in [0, 0.05) is 17.3 Å². The van der Waals surface area contributed by atoms with E-state index in [1.807, 2.05) is 20.8 Å². The molecular weight excluding hydrogens is 256 g/mol. The average Bonchev–Trinajstić information content (AvgIpc) is 2.90. The first-order valence-electron chi connectivity index (χ1n) is 6.64. The molecule has 6 heteroatoms. The largest absolute Gasteiger partial charge is 0.496 e. The molecule has 1 atom stereocenters. The van der Waals surface area contributed by atoms with Gasteiger partial charge in [-0.25, -0.2) is 4.68 Å². The lowest BCUT2D eigenvalue weighted by Crippen LogP contribution is -2.06. The summed E-state index contributed by atoms with van der Waals surface area (Å²) in [6, 6.07) is 0. The van der Waals surface area contributed by atoms with Crippen LogP contribution in [0.2, 0.25) is 0 Å². The Balaban J connectivity index is 2.24. The van der Waals surface area contributed by atoms with Gasteiger partial charge in [0.05, 0.1) is 31.6 Å². The number of rotatable bonds is 5. The van der Waals surface area contributed by atoms with Crippen molar-refractivity contribution >= 4 is 0 Å². The molecule has 0 saturated heterocycles. The normalized spacial score (nSPS) is 12.4. The summed E-state index contributed by atoms with van der Waals surface area (Å²) >= 11 is 0. The molecule has 0 aliphatic rings. The maximum Gasteiger partial charge on any atom is 0.128 e. The molecule has 0 radical (unpaired) electrons. The number of hydrogen-bond acceptors (Lipinski definition) is 5. The van der Waals surface area contributed by atoms with Crippen LogP contribution in [0.25, 0.3) is 0 Å². The fourth-order valence-electron chi connectivity index (χ4n) is 2.14. The summed E-state index contributed by atoms with van der Waals surface area (Å²) < 4.78 is 7.07. The van der Waals surface area contributed by atoms with Gasteiger partial charge in [-0.05, 0) is 20.3 Å². The number of aliphatic hydroxyl groups is 1. The summed E-state index contributed by atoms with van der Waals surface area (Å²) in [6.07, 6.45) is 3.60. The third-order valence-electron chi connectivity index (χ3n) is 3.35. The van der Waals surface area contributed by atoms with Gasteiger partial charge in [-0.1, -0.05) is 12.1 Å². The van der Waals surface area contributed by atoms with Gasteiger partial charge in [-0.3, -0.25) is 4.98 Å². The van der Waals surface area contributed by atoms with Gasteiger partial charge in [0.2, 0.25) is 0 Å². The van der Waals surface area contributed by atoms with E-state index < -0.39 is 6.10 Å². The molecule has 108 valence electrons. The number of methoxy groups -OCH3 is 1. The van der Waals surface area contributed by atoms with E-state index >= 15 is 0 Å². The zero-order valence-electron chi connectivity index (χ0n) is 12.3. The predicted molar refractivity (Wildman–Crippen MR) is 74.6 cm³/mol. The lowest BCUT2D eigenvalue weighted by molar-refractivity contribution is 0.168. The Morgan fingerprint density at radius 1 is 1.40 bits per heavy atom. The van der Waals surface area contributed by atoms with Crippen molar-refractivity contribution in [3.63, 3.8) is 0 Å². The average molecular weight is 276 g/mol. The molecule has 0 aromatic carbocycles. The molecule has 1 unspecified atom stereocenters. The molecule has 0 aliphatic heterocycles. The Morgan fingerprint density at radius 3 is 2.80 bits per heavy atom. The van der Waals surface area contributed by atoms with Crippen LogP contribution < -0.4 is 4.74 Å². The van der Waals surface area contributed by atoms with E-state index in [-0.39, 0.29) is 0 Å². The molecule has 1 N–H and O–H groups in total. The number of nitrogens with zero attached hydrogens (tertiary/aromatic N) is 4. The fraction of sp³-hybridized carbons (Fsp3) is 0.500. The van der Waals surface area contributed by atoms with E-state index in [1.54, 1.807) is 24.2 Å². The fourth-order valence-corrected chi connectivity index (χ4v) is 2.14. The van der Waals surface area contributed by atoms with Crippen molar-refractivity contribution in [3.05, 3.63) is 34.9 Å². The maximum atomic E-state index is 9.73. The van der Waals surface area contributed by atoms with Crippen molar-refractivity contribution in [2.24, 2.45) is 0 Å². The lowest BCUT2D eigenvalue weighted by atomic mass is 10.1. The van der Waals surface area contributed by atoms with Crippen LogP contribution in [0.3, 0.4) is 0 Å². The van der Waals surface area contributed by atoms with Gasteiger partial charge in [0.15, 0.2) is 0 Å². The van der Waals surface area contributed by atoms with Crippen molar-refractivity contribution in [2.75, 3.05) is 7.11 Å². The molecule has 2 heterocycles. The standard InChI is InChI=1S/C14H20N4O2/c1-5-13(19)12-8-18(17-16-12)7-11-10(3)14(20-4)9(2)6-15-11/h6,8,13,19H,5,7H2,1-4H3. The third-order valence-corrected chi connectivity index (χ3v) is 3.35. The zero-order valence-corrected chi connectivity index (χ0v) is 12.3. The molecule has 2 aromatic rings. The zero-order chi connectivity index (χ0) is 14.7. The van der Waals surface area contributed by atoms with Gasteiger partial charge in [-0.2, -0.15) is 0 Å². The smallest absolute Gasteiger partial charge is 0.128 e. The molecule has 0 fully saturated rings. The Kier molecular flexibility index (Phi) is 4.34. The van der Waals surface area contributed by atoms with Crippen LogP contribution in [-0.4, -0.2) is 32.2 Å². The second-order valence-electron chi connectivity index (χ2n) is 4.81. The topological polar surface area (TPSA) is 73.1 Å². The summed E-state index contributed by atoms with van der Waals surface area (Å²) in [4.78, 5) is 4.42. The summed E-state index contributed by atoms with van der Waals surface area (Å²) in [5, 5.41) is 17.7. The SMILES string of the molecule is CCC(O)c1cn(Cc2ncc(C)c(OC)c2C)nn1. The maximum absolute atomic E-state index is 9.73. The highest BCUT2D eigenvalue weighted by atomic mass is 16.5. The Morgan fingerprint density at radius 2 is 2.15 bits per heavy atom. The van der Waals surface area contributed by atoms with Crippen molar-refractivity contribution in [2.45, 2.75) is 39.8 Å². The van der Waals surface area contributed by atoms with Gasteiger partial charge >= 0.3 is 0 Å². The van der Waals surface area contributed by atoms with Gasteiger partial charge in [-0.15, -0.1) is 5.10 Å². The van der Waals surface area contributed by atoms with Gasteiger partial charge in [0.25, 0.3) is 0 Å². The van der Waals surface area contributed by atoms with Crippen LogP contribution in [0.5, 0.6) is 5.75 Å². The first-order chi connectivity index (χ1) is 9.56. The second kappa shape index (κ2) is 6.00. The quantitative estimate of drug-likeness (QED) is 0.901. The predicted octanol–water partition coefficient (Wildman–Crippen LogP) is 1.79. The van der Waals surface area contributed by atoms with E-state index in [1.165, 1.54) is 0 Å². The molecule has 0 aliphatic carbocycles. The molecule has 20 heavy (non-hydrogen) atoms. The minimum atomic E-state index is -0.564. The molecule has 0 amide bonds. The third kappa shape index (κ3) is 2.80. The molecule has 0 saturated carbocycles. The Labute approximate surface area is 118 Å². The van der Waals surface area contributed by atoms with Crippen LogP contribution >= 0.6 is 0 Å². The highest BCUT2D eigenvalue weighted by Gasteiger charge is 2.13. The van der Waals surface area contributed by atoms with Crippen LogP contribution in [0.4, 0.5) is 0 Å². The molecule has 0 spiro atoms. The number of aromatic nitrogens is 4. The van der Waals surface area contributed by atoms with E-state index in [0.29, 0.717) is 18.7 Å². The number of pyridine rings is 1. The minimum absolute atomic E-state index is 0.506. The number of aryl methyl sites for hydroxylation is 1. The van der Waals surface area contributed by atoms with Gasteiger partial charge in [0.1, 0.15) is 11.4 Å². The molecular formula is C14H20N4O2. The van der Waals surface area contributed by atoms with E-state index in [0.717, 1.165) is 22.6 Å². The van der Waals surface area contributed by atoms with E-state index in [2.05, 4.69) is 15.3 Å². The monoisotopic (exact) mass is 276 g/mol. The first-order valence-corrected chi connectivity index (χ1v) is 6.64. The first kappa shape index (κ1) is 14.5. The highest BCUT2D eigenvalue weighted by molar-refractivity contribution is 5.41. The number of aliphatic hydroxyl groups excluding tert-OH is 1. The van der Waals surface area contributed by atoms with Gasteiger partial charge < -0.3 is 9.84 Å². The molecule has 2 rings (SSSR count). The second-order valence-corrected chi connectivity index (χ2v) is 4.81. The molecule has 0 bridgehead atoms. The lowest BCUT2D eigenvalue weighted by Gasteiger charge is -2.11. The van der Waals surface area contributed by atoms with Crippen molar-refractivity contribution in [3.8, 4) is 5.75 Å². The van der Waals surface area contributed by atoms with Crippen molar-refractivity contribution < 1.29 is 9.84 Å². The summed E-state index contributed by atoms with van der Waals surface area (Å²) in [5.41, 5.74) is 3.48. The number of hydrogen-bond donors (Lipinski definition) is 1. The summed E-state index contributed by atoms with van der Waals surface area (Å²) in [6.45, 7) is 6.35. The number of ether oxygens (including phenoxy) is 1. The summed E-state index contributed by atoms with van der Waals surface area (Å²) in [5.74, 6) is 0.851. The van der Waals surface area contributed by atoms with E-state index in [4.69, 9.17) is 4.74 Å². The minimum Gasteiger partial charge on any atom is -0.496 e. The summed E-state index contributed by atoms with van der Waals surface area (Å²) in [7, 11) is 1.66. The molecule has 6 nitrogen and oxygen atoms in total. The van der Waals surface area contributed by atoms with Crippen molar-refractivity contribution in [1.29, 1.82) is 0 Å². The van der Waals surface area contributed by atoms with Crippen LogP contribution in [0.15, 0.2) is 12.4 Å². The Hall–Kier alpha value is -1.95. The Bertz CT molecular complexity index is 595. The van der Waals surface area contributed by atoms with Crippen LogP contribution in [0.1, 0.15) is 42.0 Å². The highest BCUT2D eigenvalue weighted by Crippen LogP contribution is 2.24. The van der Waals surface area contributed by atoms with Crippen molar-refractivity contribution in [1.82, 2.24) is 20.0 Å². The van der Waals surface area contributed by atoms with Crippen LogP contribution in [-0.2, 0) is 6.54 Å².